The number of H-pyrrole nitrogens is 1. The van der Waals surface area contributed by atoms with E-state index in [9.17, 15) is 38.7 Å². The molecular weight excluding hydrogens is 830 g/mol. The first-order chi connectivity index (χ1) is 28.1. The van der Waals surface area contributed by atoms with E-state index in [2.05, 4.69) is 34.9 Å². The summed E-state index contributed by atoms with van der Waals surface area (Å²) in [4.78, 5) is 72.6. The van der Waals surface area contributed by atoms with Crippen molar-refractivity contribution in [1.29, 1.82) is 0 Å². The molecule has 3 aliphatic heterocycles. The van der Waals surface area contributed by atoms with Crippen molar-refractivity contribution in [2.24, 2.45) is 0 Å². The first-order valence-electron chi connectivity index (χ1n) is 17.8. The van der Waals surface area contributed by atoms with Crippen LogP contribution in [-0.4, -0.2) is 125 Å². The van der Waals surface area contributed by atoms with Crippen LogP contribution in [0.3, 0.4) is 0 Å². The Bertz CT molecular complexity index is 2570. The lowest BCUT2D eigenvalue weighted by atomic mass is 10.2. The molecule has 3 saturated heterocycles. The predicted molar refractivity (Wildman–Crippen MR) is 196 cm³/mol. The van der Waals surface area contributed by atoms with Crippen LogP contribution >= 0.6 is 15.6 Å². The number of nitrogens with one attached hydrogen (secondary N) is 1. The SMILES string of the molecule is Cc1cn([C@H]2CC(O)[C@@H](COP(=O)(O)OC3C[C@H](n4cnc5c(N)ncnc54)O[C@@H]3COP(=O)(O)OC3C[C@H](n4cnc5c(N)ncnc54)O[C@@H]3CO)O2)c(=O)[nH]c1=O. The molecule has 8 rings (SSSR count). The molecule has 5 aromatic rings. The molecule has 11 atom stereocenters. The Morgan fingerprint density at radius 2 is 1.25 bits per heavy atom. The lowest BCUT2D eigenvalue weighted by Gasteiger charge is -2.24. The maximum Gasteiger partial charge on any atom is 0.472 e. The van der Waals surface area contributed by atoms with E-state index in [0.717, 1.165) is 4.57 Å². The number of nitrogens with two attached hydrogens (primary N) is 2. The molecule has 29 heteroatoms. The van der Waals surface area contributed by atoms with Gasteiger partial charge in [0.2, 0.25) is 0 Å². The topological polar surface area (TPSA) is 374 Å². The summed E-state index contributed by atoms with van der Waals surface area (Å²) in [7, 11) is -10.0. The third-order valence-corrected chi connectivity index (χ3v) is 12.0. The zero-order valence-electron chi connectivity index (χ0n) is 30.7. The number of anilines is 2. The van der Waals surface area contributed by atoms with Crippen molar-refractivity contribution in [1.82, 2.24) is 48.6 Å². The van der Waals surface area contributed by atoms with Crippen LogP contribution < -0.4 is 22.7 Å². The molecule has 318 valence electrons. The van der Waals surface area contributed by atoms with Gasteiger partial charge in [-0.25, -0.2) is 43.8 Å². The van der Waals surface area contributed by atoms with E-state index in [1.165, 1.54) is 47.6 Å². The fourth-order valence-corrected chi connectivity index (χ4v) is 8.93. The molecule has 0 saturated carbocycles. The number of rotatable bonds is 14. The van der Waals surface area contributed by atoms with Crippen LogP contribution in [0.25, 0.3) is 22.3 Å². The number of fused-ring (bicyclic) bond motifs is 2. The molecule has 8 heterocycles. The number of phosphoric ester groups is 2. The quantitative estimate of drug-likeness (QED) is 0.0652. The molecule has 5 unspecified atom stereocenters. The Morgan fingerprint density at radius 1 is 0.763 bits per heavy atom. The highest BCUT2D eigenvalue weighted by Gasteiger charge is 2.46. The number of phosphoric acid groups is 2. The van der Waals surface area contributed by atoms with Crippen LogP contribution in [0.5, 0.6) is 0 Å². The lowest BCUT2D eigenvalue weighted by Crippen LogP contribution is -2.33. The van der Waals surface area contributed by atoms with Crippen LogP contribution in [-0.2, 0) is 41.4 Å². The van der Waals surface area contributed by atoms with Gasteiger partial charge in [-0.2, -0.15) is 0 Å². The summed E-state index contributed by atoms with van der Waals surface area (Å²) in [6.45, 7) is -0.525. The van der Waals surface area contributed by atoms with Crippen molar-refractivity contribution in [3.63, 3.8) is 0 Å². The molecule has 0 amide bonds. The summed E-state index contributed by atoms with van der Waals surface area (Å²) in [6.07, 6.45) is -4.16. The van der Waals surface area contributed by atoms with Crippen LogP contribution in [0.4, 0.5) is 11.6 Å². The number of imidazole rings is 2. The number of aromatic amines is 1. The summed E-state index contributed by atoms with van der Waals surface area (Å²) in [5.74, 6) is 0.198. The summed E-state index contributed by atoms with van der Waals surface area (Å²) in [5.41, 5.74) is 11.8. The second-order valence-corrected chi connectivity index (χ2v) is 16.6. The Balaban J connectivity index is 0.948. The van der Waals surface area contributed by atoms with Gasteiger partial charge in [0.15, 0.2) is 22.9 Å². The highest BCUT2D eigenvalue weighted by molar-refractivity contribution is 7.47. The van der Waals surface area contributed by atoms with Gasteiger partial charge in [-0.15, -0.1) is 0 Å². The third-order valence-electron chi connectivity index (χ3n) is 9.94. The van der Waals surface area contributed by atoms with Gasteiger partial charge in [-0.1, -0.05) is 0 Å². The van der Waals surface area contributed by atoms with Crippen molar-refractivity contribution in [2.45, 2.75) is 81.5 Å². The normalized spacial score (nSPS) is 29.3. The number of aliphatic hydroxyl groups excluding tert-OH is 2. The highest BCUT2D eigenvalue weighted by atomic mass is 31.2. The number of aliphatic hydroxyl groups is 2. The maximum atomic E-state index is 13.4. The lowest BCUT2D eigenvalue weighted by molar-refractivity contribution is -0.0606. The van der Waals surface area contributed by atoms with Gasteiger partial charge in [-0.3, -0.25) is 41.6 Å². The van der Waals surface area contributed by atoms with E-state index < -0.39 is 102 Å². The highest BCUT2D eigenvalue weighted by Crippen LogP contribution is 2.52. The molecule has 3 fully saturated rings. The summed E-state index contributed by atoms with van der Waals surface area (Å²) in [5, 5.41) is 20.7. The number of ether oxygens (including phenoxy) is 3. The standard InChI is InChI=1S/C30H38N12O15P2/c1-13-5-40(30(46)39-29(13)45)20-2-14(44)18(54-20)7-51-58(47,48)57-16-4-22(42-12-38-24-26(32)34-10-36-28(24)42)55-19(16)8-52-59(49,50)56-15-3-21(53-17(15)6-43)41-11-37-23-25(31)33-9-35-27(23)41/h5,9-12,14-22,43-44H,2-4,6-8H2,1H3,(H,47,48)(H,49,50)(H2,31,33,35)(H2,32,34,36)(H,39,45,46)/t14?,15?,16?,17-,18-,19-,20-,21-,22-/m1/s1. The van der Waals surface area contributed by atoms with E-state index in [-0.39, 0.29) is 47.6 Å². The monoisotopic (exact) mass is 868 g/mol. The Kier molecular flexibility index (Phi) is 11.2. The van der Waals surface area contributed by atoms with Crippen molar-refractivity contribution in [2.75, 3.05) is 31.3 Å². The second-order valence-electron chi connectivity index (χ2n) is 13.8. The van der Waals surface area contributed by atoms with Gasteiger partial charge >= 0.3 is 21.3 Å². The van der Waals surface area contributed by atoms with Crippen LogP contribution in [0.1, 0.15) is 43.5 Å². The van der Waals surface area contributed by atoms with E-state index >= 15 is 0 Å². The van der Waals surface area contributed by atoms with Crippen LogP contribution in [0.2, 0.25) is 0 Å². The summed E-state index contributed by atoms with van der Waals surface area (Å²) < 4.78 is 70.1. The largest absolute Gasteiger partial charge is 0.472 e. The molecule has 0 radical (unpaired) electrons. The van der Waals surface area contributed by atoms with Gasteiger partial charge in [0.1, 0.15) is 72.9 Å². The van der Waals surface area contributed by atoms with Gasteiger partial charge in [0, 0.05) is 31.0 Å². The minimum atomic E-state index is -5.03. The number of hydrogen-bond donors (Lipinski definition) is 7. The molecule has 59 heavy (non-hydrogen) atoms. The molecule has 9 N–H and O–H groups in total. The number of nitrogen functional groups attached to an aromatic ring is 2. The molecule has 0 aliphatic carbocycles. The zero-order valence-corrected chi connectivity index (χ0v) is 32.5. The first kappa shape index (κ1) is 41.1. The van der Waals surface area contributed by atoms with E-state index in [4.69, 9.17) is 43.8 Å². The average molecular weight is 869 g/mol. The average Bonchev–Trinajstić information content (AvgIpc) is 4.02. The second kappa shape index (κ2) is 16.1. The third kappa shape index (κ3) is 8.43. The van der Waals surface area contributed by atoms with E-state index in [0.29, 0.717) is 11.2 Å². The molecule has 0 aromatic carbocycles. The van der Waals surface area contributed by atoms with Crippen molar-refractivity contribution >= 4 is 49.6 Å². The number of nitrogens with zero attached hydrogens (tertiary/aromatic N) is 9. The molecule has 0 spiro atoms. The summed E-state index contributed by atoms with van der Waals surface area (Å²) in [6, 6.07) is 0. The molecule has 3 aliphatic rings. The molecule has 0 bridgehead atoms. The first-order valence-corrected chi connectivity index (χ1v) is 20.8. The number of aryl methyl sites for hydroxylation is 1. The maximum absolute atomic E-state index is 13.4. The van der Waals surface area contributed by atoms with Crippen molar-refractivity contribution < 1.29 is 61.4 Å². The smallest absolute Gasteiger partial charge is 0.394 e. The van der Waals surface area contributed by atoms with Gasteiger partial charge < -0.3 is 45.7 Å². The van der Waals surface area contributed by atoms with Crippen LogP contribution in [0.15, 0.2) is 41.1 Å². The minimum absolute atomic E-state index is 0.0483. The Labute approximate surface area is 330 Å². The minimum Gasteiger partial charge on any atom is -0.394 e. The fourth-order valence-electron chi connectivity index (χ4n) is 7.01. The van der Waals surface area contributed by atoms with Gasteiger partial charge in [-0.05, 0) is 6.92 Å². The van der Waals surface area contributed by atoms with Gasteiger partial charge in [0.25, 0.3) is 5.56 Å². The summed E-state index contributed by atoms with van der Waals surface area (Å²) >= 11 is 0. The zero-order chi connectivity index (χ0) is 41.8. The predicted octanol–water partition coefficient (Wildman–Crippen LogP) is -1.09. The van der Waals surface area contributed by atoms with Gasteiger partial charge in [0.05, 0.1) is 38.6 Å². The number of hydrogen-bond acceptors (Lipinski definition) is 21. The van der Waals surface area contributed by atoms with E-state index in [1.54, 1.807) is 0 Å². The molecule has 27 nitrogen and oxygen atoms in total. The Hall–Kier alpha value is -4.60. The fraction of sp³-hybridized carbons (Fsp3) is 0.533. The molecule has 5 aromatic heterocycles. The van der Waals surface area contributed by atoms with Crippen molar-refractivity contribution in [3.05, 3.63) is 57.9 Å². The van der Waals surface area contributed by atoms with E-state index in [1.807, 2.05) is 0 Å². The van der Waals surface area contributed by atoms with Crippen molar-refractivity contribution in [3.8, 4) is 0 Å². The molecular formula is C30H38N12O15P2. The van der Waals surface area contributed by atoms with Crippen LogP contribution in [0, 0.1) is 6.92 Å². The number of aromatic nitrogens is 10. The Morgan fingerprint density at radius 3 is 1.81 bits per heavy atom.